The van der Waals surface area contributed by atoms with Gasteiger partial charge in [0, 0.05) is 6.42 Å². The third-order valence-electron chi connectivity index (χ3n) is 4.90. The van der Waals surface area contributed by atoms with Gasteiger partial charge in [-0.25, -0.2) is 0 Å². The van der Waals surface area contributed by atoms with Crippen LogP contribution >= 0.6 is 0 Å². The van der Waals surface area contributed by atoms with E-state index in [0.717, 1.165) is 24.4 Å². The van der Waals surface area contributed by atoms with E-state index in [9.17, 15) is 0 Å². The fourth-order valence-electron chi connectivity index (χ4n) is 3.63. The maximum absolute atomic E-state index is 5.41. The Morgan fingerprint density at radius 1 is 1.10 bits per heavy atom. The van der Waals surface area contributed by atoms with Gasteiger partial charge in [0.1, 0.15) is 5.75 Å². The maximum atomic E-state index is 5.41. The van der Waals surface area contributed by atoms with Crippen molar-refractivity contribution in [3.8, 4) is 5.75 Å². The van der Waals surface area contributed by atoms with E-state index in [1.165, 1.54) is 30.4 Å². The number of methoxy groups -OCH3 is 2. The van der Waals surface area contributed by atoms with Crippen LogP contribution in [0, 0.1) is 6.92 Å². The Morgan fingerprint density at radius 3 is 2.67 bits per heavy atom. The van der Waals surface area contributed by atoms with E-state index in [1.54, 1.807) is 25.4 Å². The van der Waals surface area contributed by atoms with Crippen molar-refractivity contribution in [1.29, 1.82) is 0 Å². The largest absolute Gasteiger partial charge is 0.501 e. The molecule has 3 rings (SSSR count). The molecule has 0 amide bonds. The molecule has 2 aliphatic rings. The Bertz CT molecular complexity index is 596. The minimum Gasteiger partial charge on any atom is -0.501 e. The van der Waals surface area contributed by atoms with E-state index in [-0.39, 0.29) is 0 Å². The van der Waals surface area contributed by atoms with Crippen LogP contribution in [0.4, 0.5) is 0 Å². The third kappa shape index (κ3) is 2.85. The first-order chi connectivity index (χ1) is 10.2. The maximum Gasteiger partial charge on any atom is 0.121 e. The topological polar surface area (TPSA) is 18.5 Å². The standard InChI is InChI=1S/C19H24O2/c1-13-10-14(7-9-19(13)21-3)15-4-5-17-12-18(20-2)8-6-16(17)11-15/h7-10,15H,4-6,11-12H2,1-3H3/t15-/m0/s1. The number of ether oxygens (including phenoxy) is 2. The molecular weight excluding hydrogens is 260 g/mol. The Balaban J connectivity index is 1.76. The summed E-state index contributed by atoms with van der Waals surface area (Å²) < 4.78 is 10.8. The summed E-state index contributed by atoms with van der Waals surface area (Å²) in [4.78, 5) is 0. The van der Waals surface area contributed by atoms with Crippen LogP contribution < -0.4 is 4.74 Å². The highest BCUT2D eigenvalue weighted by atomic mass is 16.5. The Morgan fingerprint density at radius 2 is 1.95 bits per heavy atom. The highest BCUT2D eigenvalue weighted by Gasteiger charge is 2.25. The van der Waals surface area contributed by atoms with Crippen LogP contribution in [0.1, 0.15) is 49.1 Å². The predicted molar refractivity (Wildman–Crippen MR) is 85.7 cm³/mol. The van der Waals surface area contributed by atoms with Crippen LogP contribution in [0.2, 0.25) is 0 Å². The van der Waals surface area contributed by atoms with Gasteiger partial charge in [-0.1, -0.05) is 23.3 Å². The molecule has 0 N–H and O–H groups in total. The molecule has 0 fully saturated rings. The molecule has 112 valence electrons. The molecule has 0 radical (unpaired) electrons. The van der Waals surface area contributed by atoms with E-state index < -0.39 is 0 Å². The van der Waals surface area contributed by atoms with E-state index in [1.807, 2.05) is 0 Å². The van der Waals surface area contributed by atoms with Crippen LogP contribution in [0.25, 0.3) is 0 Å². The highest BCUT2D eigenvalue weighted by molar-refractivity contribution is 5.39. The van der Waals surface area contributed by atoms with Crippen molar-refractivity contribution in [1.82, 2.24) is 0 Å². The minimum atomic E-state index is 0.658. The van der Waals surface area contributed by atoms with Gasteiger partial charge in [0.2, 0.25) is 0 Å². The molecule has 2 nitrogen and oxygen atoms in total. The van der Waals surface area contributed by atoms with Crippen LogP contribution in [-0.4, -0.2) is 14.2 Å². The molecule has 0 bridgehead atoms. The fourth-order valence-corrected chi connectivity index (χ4v) is 3.63. The molecule has 0 aliphatic heterocycles. The van der Waals surface area contributed by atoms with Crippen LogP contribution in [0.15, 0.2) is 41.2 Å². The minimum absolute atomic E-state index is 0.658. The molecule has 1 aromatic carbocycles. The van der Waals surface area contributed by atoms with Crippen molar-refractivity contribution < 1.29 is 9.47 Å². The predicted octanol–water partition coefficient (Wildman–Crippen LogP) is 4.89. The zero-order valence-corrected chi connectivity index (χ0v) is 13.2. The lowest BCUT2D eigenvalue weighted by Crippen LogP contribution is -2.13. The number of hydrogen-bond donors (Lipinski definition) is 0. The first-order valence-electron chi connectivity index (χ1n) is 7.78. The number of allylic oxidation sites excluding steroid dienone is 3. The normalized spacial score (nSPS) is 21.7. The van der Waals surface area contributed by atoms with Gasteiger partial charge in [0.25, 0.3) is 0 Å². The van der Waals surface area contributed by atoms with Gasteiger partial charge in [0.05, 0.1) is 20.0 Å². The fraction of sp³-hybridized carbons (Fsp3) is 0.474. The van der Waals surface area contributed by atoms with Crippen LogP contribution in [-0.2, 0) is 4.74 Å². The third-order valence-corrected chi connectivity index (χ3v) is 4.90. The number of benzene rings is 1. The summed E-state index contributed by atoms with van der Waals surface area (Å²) >= 11 is 0. The van der Waals surface area contributed by atoms with Crippen molar-refractivity contribution in [3.05, 3.63) is 52.3 Å². The lowest BCUT2D eigenvalue weighted by molar-refractivity contribution is 0.277. The summed E-state index contributed by atoms with van der Waals surface area (Å²) in [5.41, 5.74) is 5.96. The summed E-state index contributed by atoms with van der Waals surface area (Å²) in [7, 11) is 3.52. The average Bonchev–Trinajstić information content (AvgIpc) is 2.53. The number of rotatable bonds is 3. The van der Waals surface area contributed by atoms with Gasteiger partial charge in [-0.2, -0.15) is 0 Å². The summed E-state index contributed by atoms with van der Waals surface area (Å²) in [6.45, 7) is 2.13. The Labute approximate surface area is 127 Å². The van der Waals surface area contributed by atoms with Gasteiger partial charge in [-0.15, -0.1) is 0 Å². The Hall–Kier alpha value is -1.70. The average molecular weight is 284 g/mol. The second-order valence-electron chi connectivity index (χ2n) is 6.13. The van der Waals surface area contributed by atoms with Crippen LogP contribution in [0.5, 0.6) is 5.75 Å². The van der Waals surface area contributed by atoms with Crippen LogP contribution in [0.3, 0.4) is 0 Å². The molecule has 2 heteroatoms. The van der Waals surface area contributed by atoms with E-state index >= 15 is 0 Å². The van der Waals surface area contributed by atoms with Crippen molar-refractivity contribution in [2.75, 3.05) is 14.2 Å². The van der Waals surface area contributed by atoms with Gasteiger partial charge in [-0.05, 0) is 61.8 Å². The molecule has 0 heterocycles. The van der Waals surface area contributed by atoms with Gasteiger partial charge >= 0.3 is 0 Å². The lowest BCUT2D eigenvalue weighted by atomic mass is 9.76. The zero-order chi connectivity index (χ0) is 14.8. The summed E-state index contributed by atoms with van der Waals surface area (Å²) in [5, 5.41) is 0. The first-order valence-corrected chi connectivity index (χ1v) is 7.78. The molecule has 0 saturated carbocycles. The molecule has 1 atom stereocenters. The first kappa shape index (κ1) is 14.2. The second kappa shape index (κ2) is 5.97. The molecule has 0 unspecified atom stereocenters. The van der Waals surface area contributed by atoms with Gasteiger partial charge in [-0.3, -0.25) is 0 Å². The van der Waals surface area contributed by atoms with Crippen molar-refractivity contribution in [2.24, 2.45) is 0 Å². The molecule has 0 spiro atoms. The molecule has 0 saturated heterocycles. The summed E-state index contributed by atoms with van der Waals surface area (Å²) in [6, 6.07) is 6.65. The molecule has 21 heavy (non-hydrogen) atoms. The van der Waals surface area contributed by atoms with Gasteiger partial charge in [0.15, 0.2) is 0 Å². The van der Waals surface area contributed by atoms with Crippen molar-refractivity contribution in [2.45, 2.75) is 44.9 Å². The second-order valence-corrected chi connectivity index (χ2v) is 6.13. The zero-order valence-electron chi connectivity index (χ0n) is 13.2. The summed E-state index contributed by atoms with van der Waals surface area (Å²) in [5.74, 6) is 2.79. The quantitative estimate of drug-likeness (QED) is 0.736. The SMILES string of the molecule is COC1=CCC2=C(CC[C@H](c3ccc(OC)c(C)c3)C2)C1. The van der Waals surface area contributed by atoms with E-state index in [2.05, 4.69) is 31.2 Å². The lowest BCUT2D eigenvalue weighted by Gasteiger charge is -2.30. The van der Waals surface area contributed by atoms with Crippen molar-refractivity contribution in [3.63, 3.8) is 0 Å². The van der Waals surface area contributed by atoms with Crippen molar-refractivity contribution >= 4 is 0 Å². The van der Waals surface area contributed by atoms with E-state index in [4.69, 9.17) is 9.47 Å². The van der Waals surface area contributed by atoms with Gasteiger partial charge < -0.3 is 9.47 Å². The summed E-state index contributed by atoms with van der Waals surface area (Å²) in [6.07, 6.45) is 8.02. The monoisotopic (exact) mass is 284 g/mol. The molecule has 2 aliphatic carbocycles. The molecule has 0 aromatic heterocycles. The highest BCUT2D eigenvalue weighted by Crippen LogP contribution is 2.42. The molecule has 1 aromatic rings. The molecular formula is C19H24O2. The number of aryl methyl sites for hydroxylation is 1. The Kier molecular flexibility index (Phi) is 4.05. The smallest absolute Gasteiger partial charge is 0.121 e. The number of hydrogen-bond acceptors (Lipinski definition) is 2. The van der Waals surface area contributed by atoms with E-state index in [0.29, 0.717) is 5.92 Å².